The smallest absolute Gasteiger partial charge is 0.233 e. The van der Waals surface area contributed by atoms with Gasteiger partial charge in [-0.15, -0.1) is 10.2 Å². The molecule has 19 heavy (non-hydrogen) atoms. The van der Waals surface area contributed by atoms with Gasteiger partial charge in [-0.2, -0.15) is 0 Å². The van der Waals surface area contributed by atoms with Crippen LogP contribution in [0.2, 0.25) is 0 Å². The lowest BCUT2D eigenvalue weighted by Crippen LogP contribution is -2.04. The number of unbranched alkanes of at least 4 members (excludes halogenated alkanes) is 6. The van der Waals surface area contributed by atoms with Crippen molar-refractivity contribution < 1.29 is 9.53 Å². The number of Topliss-reactive ketones (excluding diaryl/α,β-unsaturated/α-hetero) is 1. The second-order valence-corrected chi connectivity index (χ2v) is 4.76. The number of aromatic nitrogens is 2. The van der Waals surface area contributed by atoms with E-state index in [0.717, 1.165) is 12.8 Å². The Kier molecular flexibility index (Phi) is 7.78. The molecule has 1 aromatic heterocycles. The highest BCUT2D eigenvalue weighted by Crippen LogP contribution is 2.11. The number of hydrogen-bond donors (Lipinski definition) is 0. The van der Waals surface area contributed by atoms with Gasteiger partial charge in [-0.05, 0) is 12.5 Å². The fourth-order valence-corrected chi connectivity index (χ4v) is 1.95. The number of methoxy groups -OCH3 is 1. The zero-order valence-corrected chi connectivity index (χ0v) is 12.0. The number of ether oxygens (including phenoxy) is 1. The molecule has 0 atom stereocenters. The summed E-state index contributed by atoms with van der Waals surface area (Å²) >= 11 is 0. The van der Waals surface area contributed by atoms with Crippen LogP contribution in [0.3, 0.4) is 0 Å². The number of rotatable bonds is 10. The summed E-state index contributed by atoms with van der Waals surface area (Å²) in [7, 11) is 1.53. The fourth-order valence-electron chi connectivity index (χ4n) is 1.95. The van der Waals surface area contributed by atoms with Crippen molar-refractivity contribution in [3.05, 3.63) is 17.8 Å². The van der Waals surface area contributed by atoms with Crippen molar-refractivity contribution in [2.24, 2.45) is 0 Å². The van der Waals surface area contributed by atoms with E-state index in [0.29, 0.717) is 18.0 Å². The van der Waals surface area contributed by atoms with Gasteiger partial charge in [0.2, 0.25) is 5.88 Å². The topological polar surface area (TPSA) is 52.1 Å². The van der Waals surface area contributed by atoms with Crippen LogP contribution in [-0.4, -0.2) is 23.1 Å². The lowest BCUT2D eigenvalue weighted by Gasteiger charge is -2.02. The largest absolute Gasteiger partial charge is 0.480 e. The van der Waals surface area contributed by atoms with Gasteiger partial charge in [0.1, 0.15) is 5.69 Å². The number of nitrogens with zero attached hydrogens (tertiary/aromatic N) is 2. The van der Waals surface area contributed by atoms with Crippen LogP contribution < -0.4 is 4.74 Å². The van der Waals surface area contributed by atoms with Crippen LogP contribution in [0.4, 0.5) is 0 Å². The molecule has 0 radical (unpaired) electrons. The molecule has 4 heteroatoms. The summed E-state index contributed by atoms with van der Waals surface area (Å²) in [6.45, 7) is 2.22. The van der Waals surface area contributed by atoms with E-state index < -0.39 is 0 Å². The van der Waals surface area contributed by atoms with Crippen molar-refractivity contribution in [1.29, 1.82) is 0 Å². The van der Waals surface area contributed by atoms with Crippen LogP contribution in [0, 0.1) is 0 Å². The highest BCUT2D eigenvalue weighted by atomic mass is 16.5. The van der Waals surface area contributed by atoms with Gasteiger partial charge in [0.15, 0.2) is 5.78 Å². The van der Waals surface area contributed by atoms with Gasteiger partial charge in [-0.25, -0.2) is 0 Å². The number of hydrogen-bond acceptors (Lipinski definition) is 4. The molecule has 0 saturated heterocycles. The molecule has 0 aromatic carbocycles. The summed E-state index contributed by atoms with van der Waals surface area (Å²) in [5.74, 6) is 0.510. The van der Waals surface area contributed by atoms with Crippen molar-refractivity contribution in [3.8, 4) is 5.88 Å². The second kappa shape index (κ2) is 9.48. The van der Waals surface area contributed by atoms with E-state index in [1.165, 1.54) is 39.2 Å². The maximum absolute atomic E-state index is 11.8. The van der Waals surface area contributed by atoms with Gasteiger partial charge in [0.05, 0.1) is 7.11 Å². The first-order valence-electron chi connectivity index (χ1n) is 7.19. The van der Waals surface area contributed by atoms with Crippen LogP contribution in [0.15, 0.2) is 12.1 Å². The molecule has 0 saturated carbocycles. The summed E-state index contributed by atoms with van der Waals surface area (Å²) in [4.78, 5) is 11.8. The van der Waals surface area contributed by atoms with Crippen molar-refractivity contribution in [1.82, 2.24) is 10.2 Å². The standard InChI is InChI=1S/C15H24N2O2/c1-3-4-5-6-7-8-9-10-14(18)13-11-12-15(19-2)17-16-13/h11-12H,3-10H2,1-2H3. The van der Waals surface area contributed by atoms with Crippen molar-refractivity contribution >= 4 is 5.78 Å². The summed E-state index contributed by atoms with van der Waals surface area (Å²) in [5.41, 5.74) is 0.437. The molecule has 1 rings (SSSR count). The molecular weight excluding hydrogens is 240 g/mol. The van der Waals surface area contributed by atoms with Gasteiger partial charge in [-0.1, -0.05) is 45.4 Å². The molecule has 0 amide bonds. The predicted octanol–water partition coefficient (Wildman–Crippen LogP) is 3.81. The minimum atomic E-state index is 0.0729. The highest BCUT2D eigenvalue weighted by Gasteiger charge is 2.08. The Bertz CT molecular complexity index is 363. The lowest BCUT2D eigenvalue weighted by molar-refractivity contribution is 0.0973. The van der Waals surface area contributed by atoms with Gasteiger partial charge in [0, 0.05) is 12.5 Å². The average molecular weight is 264 g/mol. The SMILES string of the molecule is CCCCCCCCCC(=O)c1ccc(OC)nn1. The molecule has 0 unspecified atom stereocenters. The minimum absolute atomic E-state index is 0.0729. The molecule has 1 aromatic rings. The molecule has 0 aliphatic heterocycles. The summed E-state index contributed by atoms with van der Waals surface area (Å²) in [6, 6.07) is 3.35. The zero-order chi connectivity index (χ0) is 13.9. The molecule has 0 aliphatic rings. The number of carbonyl (C=O) groups excluding carboxylic acids is 1. The van der Waals surface area contributed by atoms with Gasteiger partial charge >= 0.3 is 0 Å². The summed E-state index contributed by atoms with van der Waals surface area (Å²) < 4.78 is 4.91. The van der Waals surface area contributed by atoms with E-state index in [4.69, 9.17) is 4.74 Å². The number of ketones is 1. The third kappa shape index (κ3) is 6.32. The van der Waals surface area contributed by atoms with Crippen molar-refractivity contribution in [2.75, 3.05) is 7.11 Å². The first-order valence-corrected chi connectivity index (χ1v) is 7.19. The third-order valence-electron chi connectivity index (χ3n) is 3.14. The Morgan fingerprint density at radius 3 is 2.32 bits per heavy atom. The van der Waals surface area contributed by atoms with Crippen molar-refractivity contribution in [2.45, 2.75) is 58.3 Å². The van der Waals surface area contributed by atoms with Gasteiger partial charge < -0.3 is 4.74 Å². The van der Waals surface area contributed by atoms with E-state index >= 15 is 0 Å². The maximum atomic E-state index is 11.8. The Hall–Kier alpha value is -1.45. The summed E-state index contributed by atoms with van der Waals surface area (Å²) in [5, 5.41) is 7.67. The van der Waals surface area contributed by atoms with Gasteiger partial charge in [0.25, 0.3) is 0 Å². The van der Waals surface area contributed by atoms with E-state index in [2.05, 4.69) is 17.1 Å². The predicted molar refractivity (Wildman–Crippen MR) is 75.5 cm³/mol. The molecule has 0 N–H and O–H groups in total. The average Bonchev–Trinajstić information content (AvgIpc) is 2.46. The van der Waals surface area contributed by atoms with Crippen LogP contribution in [0.5, 0.6) is 5.88 Å². The first-order chi connectivity index (χ1) is 9.27. The number of carbonyl (C=O) groups is 1. The quantitative estimate of drug-likeness (QED) is 0.476. The van der Waals surface area contributed by atoms with E-state index in [1.807, 2.05) is 0 Å². The first kappa shape index (κ1) is 15.6. The Morgan fingerprint density at radius 2 is 1.74 bits per heavy atom. The summed E-state index contributed by atoms with van der Waals surface area (Å²) in [6.07, 6.45) is 9.04. The molecule has 0 bridgehead atoms. The third-order valence-corrected chi connectivity index (χ3v) is 3.14. The van der Waals surface area contributed by atoms with Crippen LogP contribution in [-0.2, 0) is 0 Å². The Labute approximate surface area is 115 Å². The molecule has 4 nitrogen and oxygen atoms in total. The van der Waals surface area contributed by atoms with Gasteiger partial charge in [-0.3, -0.25) is 4.79 Å². The maximum Gasteiger partial charge on any atom is 0.233 e. The van der Waals surface area contributed by atoms with E-state index in [-0.39, 0.29) is 5.78 Å². The molecular formula is C15H24N2O2. The molecule has 1 heterocycles. The second-order valence-electron chi connectivity index (χ2n) is 4.76. The van der Waals surface area contributed by atoms with Crippen LogP contribution in [0.1, 0.15) is 68.8 Å². The minimum Gasteiger partial charge on any atom is -0.480 e. The van der Waals surface area contributed by atoms with E-state index in [9.17, 15) is 4.79 Å². The fraction of sp³-hybridized carbons (Fsp3) is 0.667. The van der Waals surface area contributed by atoms with E-state index in [1.54, 1.807) is 12.1 Å². The van der Waals surface area contributed by atoms with Crippen molar-refractivity contribution in [3.63, 3.8) is 0 Å². The molecule has 106 valence electrons. The molecule has 0 aliphatic carbocycles. The monoisotopic (exact) mass is 264 g/mol. The molecule has 0 fully saturated rings. The highest BCUT2D eigenvalue weighted by molar-refractivity contribution is 5.93. The molecule has 0 spiro atoms. The van der Waals surface area contributed by atoms with Crippen LogP contribution >= 0.6 is 0 Å². The Balaban J connectivity index is 2.16. The van der Waals surface area contributed by atoms with Crippen LogP contribution in [0.25, 0.3) is 0 Å². The normalized spacial score (nSPS) is 10.4. The lowest BCUT2D eigenvalue weighted by atomic mass is 10.1. The Morgan fingerprint density at radius 1 is 1.05 bits per heavy atom. The zero-order valence-electron chi connectivity index (χ0n) is 12.0.